The van der Waals surface area contributed by atoms with Crippen molar-refractivity contribution in [1.82, 2.24) is 4.72 Å². The average Bonchev–Trinajstić information content (AvgIpc) is 2.78. The van der Waals surface area contributed by atoms with Crippen LogP contribution in [0.5, 0.6) is 5.75 Å². The molecule has 1 amide bonds. The lowest BCUT2D eigenvalue weighted by Gasteiger charge is -2.19. The number of rotatable bonds is 10. The van der Waals surface area contributed by atoms with E-state index in [4.69, 9.17) is 9.84 Å². The van der Waals surface area contributed by atoms with Crippen molar-refractivity contribution in [1.29, 1.82) is 0 Å². The summed E-state index contributed by atoms with van der Waals surface area (Å²) in [5.41, 5.74) is 0.960. The van der Waals surface area contributed by atoms with Crippen molar-refractivity contribution < 1.29 is 27.9 Å². The molecule has 0 saturated heterocycles. The fourth-order valence-corrected chi connectivity index (χ4v) is 4.28. The number of hydrogen-bond acceptors (Lipinski definition) is 5. The molecule has 0 aliphatic rings. The highest BCUT2D eigenvalue weighted by Crippen LogP contribution is 2.16. The third-order valence-corrected chi connectivity index (χ3v) is 6.49. The predicted octanol–water partition coefficient (Wildman–Crippen LogP) is 3.44. The van der Waals surface area contributed by atoms with Crippen LogP contribution >= 0.6 is 15.9 Å². The minimum atomic E-state index is -4.02. The fraction of sp³-hybridized carbons (Fsp3) is 0.130. The molecule has 33 heavy (non-hydrogen) atoms. The first-order chi connectivity index (χ1) is 15.7. The van der Waals surface area contributed by atoms with Crippen molar-refractivity contribution in [2.75, 3.05) is 11.9 Å². The number of carboxylic acid groups (broad SMARTS) is 1. The Kier molecular flexibility index (Phi) is 8.21. The van der Waals surface area contributed by atoms with Crippen molar-refractivity contribution in [2.24, 2.45) is 0 Å². The number of carbonyl (C=O) groups excluding carboxylic acids is 1. The first kappa shape index (κ1) is 24.4. The number of carboxylic acids is 1. The van der Waals surface area contributed by atoms with Crippen molar-refractivity contribution in [3.8, 4) is 5.75 Å². The van der Waals surface area contributed by atoms with Gasteiger partial charge in [0.15, 0.2) is 0 Å². The van der Waals surface area contributed by atoms with Gasteiger partial charge in [-0.2, -0.15) is 4.72 Å². The van der Waals surface area contributed by atoms with Gasteiger partial charge in [0.25, 0.3) is 0 Å². The summed E-state index contributed by atoms with van der Waals surface area (Å²) >= 11 is 3.26. The van der Waals surface area contributed by atoms with E-state index in [0.29, 0.717) is 17.0 Å². The largest absolute Gasteiger partial charge is 0.491 e. The maximum absolute atomic E-state index is 12.9. The van der Waals surface area contributed by atoms with E-state index in [1.54, 1.807) is 66.7 Å². The highest BCUT2D eigenvalue weighted by atomic mass is 79.9. The number of halogens is 1. The van der Waals surface area contributed by atoms with E-state index < -0.39 is 27.9 Å². The Bertz CT molecular complexity index is 1200. The van der Waals surface area contributed by atoms with Crippen LogP contribution in [0.4, 0.5) is 5.69 Å². The standard InChI is InChI=1S/C23H21BrN2O6S/c24-17-8-12-20(13-9-17)33(30,31)26-21(15-32-19-4-2-1-3-5-19)23(29)25-18-10-6-16(7-11-18)14-22(27)28/h1-13,21,26H,14-15H2,(H,25,29)(H,27,28). The van der Waals surface area contributed by atoms with Crippen molar-refractivity contribution in [2.45, 2.75) is 17.4 Å². The van der Waals surface area contributed by atoms with E-state index in [0.717, 1.165) is 4.47 Å². The molecular weight excluding hydrogens is 512 g/mol. The van der Waals surface area contributed by atoms with E-state index in [1.165, 1.54) is 12.1 Å². The van der Waals surface area contributed by atoms with Crippen LogP contribution in [0, 0.1) is 0 Å². The SMILES string of the molecule is O=C(O)Cc1ccc(NC(=O)C(COc2ccccc2)NS(=O)(=O)c2ccc(Br)cc2)cc1. The molecule has 3 rings (SSSR count). The predicted molar refractivity (Wildman–Crippen MR) is 127 cm³/mol. The molecule has 0 bridgehead atoms. The van der Waals surface area contributed by atoms with E-state index in [9.17, 15) is 18.0 Å². The normalized spacial score (nSPS) is 12.0. The number of hydrogen-bond donors (Lipinski definition) is 3. The number of anilines is 1. The second-order valence-corrected chi connectivity index (χ2v) is 9.64. The number of aliphatic carboxylic acids is 1. The molecule has 0 spiro atoms. The second-order valence-electron chi connectivity index (χ2n) is 7.01. The van der Waals surface area contributed by atoms with E-state index >= 15 is 0 Å². The van der Waals surface area contributed by atoms with Gasteiger partial charge in [0.1, 0.15) is 18.4 Å². The fourth-order valence-electron chi connectivity index (χ4n) is 2.84. The summed E-state index contributed by atoms with van der Waals surface area (Å²) in [7, 11) is -4.02. The number of para-hydroxylation sites is 1. The number of ether oxygens (including phenoxy) is 1. The molecule has 1 atom stereocenters. The number of sulfonamides is 1. The summed E-state index contributed by atoms with van der Waals surface area (Å²) in [6.45, 7) is -0.247. The van der Waals surface area contributed by atoms with E-state index in [-0.39, 0.29) is 17.9 Å². The molecular formula is C23H21BrN2O6S. The molecule has 3 aromatic carbocycles. The zero-order valence-electron chi connectivity index (χ0n) is 17.3. The Morgan fingerprint density at radius 2 is 1.58 bits per heavy atom. The number of amides is 1. The lowest BCUT2D eigenvalue weighted by Crippen LogP contribution is -2.47. The summed E-state index contributed by atoms with van der Waals surface area (Å²) in [4.78, 5) is 23.8. The molecule has 3 aromatic rings. The molecule has 0 heterocycles. The first-order valence-electron chi connectivity index (χ1n) is 9.80. The number of carbonyl (C=O) groups is 2. The Morgan fingerprint density at radius 1 is 0.939 bits per heavy atom. The zero-order chi connectivity index (χ0) is 23.8. The summed E-state index contributed by atoms with van der Waals surface area (Å²) in [6, 6.07) is 19.7. The maximum atomic E-state index is 12.9. The molecule has 0 saturated carbocycles. The van der Waals surface area contributed by atoms with Crippen LogP contribution in [0.3, 0.4) is 0 Å². The van der Waals surface area contributed by atoms with Crippen LogP contribution in [0.2, 0.25) is 0 Å². The Balaban J connectivity index is 1.77. The first-order valence-corrected chi connectivity index (χ1v) is 12.1. The van der Waals surface area contributed by atoms with Gasteiger partial charge in [-0.25, -0.2) is 8.42 Å². The van der Waals surface area contributed by atoms with Gasteiger partial charge in [0, 0.05) is 10.2 Å². The summed E-state index contributed by atoms with van der Waals surface area (Å²) in [6.07, 6.45) is -0.144. The molecule has 10 heteroatoms. The van der Waals surface area contributed by atoms with Gasteiger partial charge in [-0.1, -0.05) is 46.3 Å². The van der Waals surface area contributed by atoms with Crippen LogP contribution in [0.1, 0.15) is 5.56 Å². The lowest BCUT2D eigenvalue weighted by molar-refractivity contribution is -0.136. The van der Waals surface area contributed by atoms with Crippen LogP contribution in [-0.4, -0.2) is 38.0 Å². The van der Waals surface area contributed by atoms with Gasteiger partial charge in [0.2, 0.25) is 15.9 Å². The minimum Gasteiger partial charge on any atom is -0.491 e. The highest BCUT2D eigenvalue weighted by Gasteiger charge is 2.27. The summed E-state index contributed by atoms with van der Waals surface area (Å²) in [5, 5.41) is 11.5. The average molecular weight is 533 g/mol. The Labute approximate surface area is 199 Å². The van der Waals surface area contributed by atoms with Gasteiger partial charge in [-0.05, 0) is 54.1 Å². The number of benzene rings is 3. The maximum Gasteiger partial charge on any atom is 0.307 e. The molecule has 0 aliphatic heterocycles. The van der Waals surface area contributed by atoms with Gasteiger partial charge >= 0.3 is 5.97 Å². The van der Waals surface area contributed by atoms with Gasteiger partial charge < -0.3 is 15.2 Å². The van der Waals surface area contributed by atoms with Crippen LogP contribution in [0.25, 0.3) is 0 Å². The Morgan fingerprint density at radius 3 is 2.18 bits per heavy atom. The smallest absolute Gasteiger partial charge is 0.307 e. The Hall–Kier alpha value is -3.21. The molecule has 172 valence electrons. The minimum absolute atomic E-state index is 0.00114. The third kappa shape index (κ3) is 7.41. The van der Waals surface area contributed by atoms with Crippen LogP contribution in [-0.2, 0) is 26.0 Å². The zero-order valence-corrected chi connectivity index (χ0v) is 19.7. The van der Waals surface area contributed by atoms with Crippen LogP contribution < -0.4 is 14.8 Å². The summed E-state index contributed by atoms with van der Waals surface area (Å²) in [5.74, 6) is -1.11. The lowest BCUT2D eigenvalue weighted by atomic mass is 10.1. The second kappa shape index (κ2) is 11.1. The van der Waals surface area contributed by atoms with Crippen molar-refractivity contribution in [3.63, 3.8) is 0 Å². The molecule has 0 aliphatic carbocycles. The highest BCUT2D eigenvalue weighted by molar-refractivity contribution is 9.10. The quantitative estimate of drug-likeness (QED) is 0.367. The molecule has 0 fully saturated rings. The topological polar surface area (TPSA) is 122 Å². The molecule has 0 radical (unpaired) electrons. The summed E-state index contributed by atoms with van der Waals surface area (Å²) < 4.78 is 34.5. The van der Waals surface area contributed by atoms with Gasteiger partial charge in [0.05, 0.1) is 11.3 Å². The van der Waals surface area contributed by atoms with E-state index in [1.807, 2.05) is 0 Å². The molecule has 3 N–H and O–H groups in total. The molecule has 1 unspecified atom stereocenters. The number of nitrogens with one attached hydrogen (secondary N) is 2. The van der Waals surface area contributed by atoms with Gasteiger partial charge in [-0.3, -0.25) is 9.59 Å². The van der Waals surface area contributed by atoms with E-state index in [2.05, 4.69) is 26.0 Å². The van der Waals surface area contributed by atoms with Crippen LogP contribution in [0.15, 0.2) is 88.2 Å². The molecule has 0 aromatic heterocycles. The van der Waals surface area contributed by atoms with Gasteiger partial charge in [-0.15, -0.1) is 0 Å². The monoisotopic (exact) mass is 532 g/mol. The van der Waals surface area contributed by atoms with Crippen molar-refractivity contribution >= 4 is 43.5 Å². The third-order valence-electron chi connectivity index (χ3n) is 4.47. The molecule has 8 nitrogen and oxygen atoms in total. The van der Waals surface area contributed by atoms with Crippen molar-refractivity contribution in [3.05, 3.63) is 88.9 Å².